The molecule has 1 aliphatic rings. The first kappa shape index (κ1) is 14.9. The van der Waals surface area contributed by atoms with Gasteiger partial charge in [-0.2, -0.15) is 0 Å². The summed E-state index contributed by atoms with van der Waals surface area (Å²) in [6.45, 7) is 0.695. The highest BCUT2D eigenvalue weighted by atomic mass is 16.4. The second-order valence-electron chi connectivity index (χ2n) is 4.50. The molecule has 1 unspecified atom stereocenters. The van der Waals surface area contributed by atoms with Crippen LogP contribution in [-0.4, -0.2) is 63.4 Å². The lowest BCUT2D eigenvalue weighted by atomic mass is 10.1. The van der Waals surface area contributed by atoms with Gasteiger partial charge in [-0.3, -0.25) is 24.6 Å². The molecule has 2 rings (SSSR count). The molecule has 0 spiro atoms. The number of aliphatic carboxylic acids is 1. The predicted octanol–water partition coefficient (Wildman–Crippen LogP) is -1.31. The highest BCUT2D eigenvalue weighted by molar-refractivity contribution is 5.92. The second kappa shape index (κ2) is 6.75. The molecule has 0 bridgehead atoms. The van der Waals surface area contributed by atoms with Crippen molar-refractivity contribution in [2.45, 2.75) is 12.5 Å². The van der Waals surface area contributed by atoms with Gasteiger partial charge in [-0.15, -0.1) is 0 Å². The summed E-state index contributed by atoms with van der Waals surface area (Å²) in [7, 11) is 0. The normalized spacial score (nSPS) is 18.9. The van der Waals surface area contributed by atoms with Crippen molar-refractivity contribution < 1.29 is 19.5 Å². The van der Waals surface area contributed by atoms with Crippen molar-refractivity contribution in [3.8, 4) is 0 Å². The lowest BCUT2D eigenvalue weighted by Gasteiger charge is -2.33. The fourth-order valence-corrected chi connectivity index (χ4v) is 2.05. The smallest absolute Gasteiger partial charge is 0.305 e. The van der Waals surface area contributed by atoms with E-state index in [9.17, 15) is 14.4 Å². The Morgan fingerprint density at radius 2 is 2.14 bits per heavy atom. The molecular weight excluding hydrogens is 278 g/mol. The van der Waals surface area contributed by atoms with Gasteiger partial charge in [0, 0.05) is 25.5 Å². The molecule has 0 aromatic carbocycles. The zero-order valence-electron chi connectivity index (χ0n) is 11.2. The number of carboxylic acid groups (broad SMARTS) is 1. The Hall–Kier alpha value is -2.55. The summed E-state index contributed by atoms with van der Waals surface area (Å²) in [6.07, 6.45) is 2.63. The van der Waals surface area contributed by atoms with Gasteiger partial charge in [0.2, 0.25) is 17.8 Å². The molecule has 112 valence electrons. The molecule has 9 nitrogen and oxygen atoms in total. The number of carboxylic acids is 1. The van der Waals surface area contributed by atoms with Gasteiger partial charge in [-0.1, -0.05) is 0 Å². The molecule has 2 amide bonds. The Morgan fingerprint density at radius 3 is 2.81 bits per heavy atom. The lowest BCUT2D eigenvalue weighted by molar-refractivity contribution is -0.143. The van der Waals surface area contributed by atoms with E-state index in [0.29, 0.717) is 13.1 Å². The first-order valence-corrected chi connectivity index (χ1v) is 6.36. The van der Waals surface area contributed by atoms with E-state index < -0.39 is 17.9 Å². The fraction of sp³-hybridized carbons (Fsp3) is 0.417. The minimum absolute atomic E-state index is 0.0936. The van der Waals surface area contributed by atoms with Crippen molar-refractivity contribution in [2.24, 2.45) is 0 Å². The van der Waals surface area contributed by atoms with Crippen LogP contribution in [0.15, 0.2) is 18.5 Å². The van der Waals surface area contributed by atoms with Crippen LogP contribution in [0.25, 0.3) is 0 Å². The van der Waals surface area contributed by atoms with E-state index in [-0.39, 0.29) is 24.8 Å². The number of hydrogen-bond donors (Lipinski definition) is 3. The Balaban J connectivity index is 1.97. The van der Waals surface area contributed by atoms with E-state index in [4.69, 9.17) is 5.11 Å². The molecular formula is C12H15N5O4. The summed E-state index contributed by atoms with van der Waals surface area (Å²) in [5, 5.41) is 13.9. The zero-order chi connectivity index (χ0) is 15.2. The molecule has 0 saturated carbocycles. The molecule has 1 aromatic heterocycles. The number of anilines is 1. The van der Waals surface area contributed by atoms with Crippen molar-refractivity contribution >= 4 is 23.7 Å². The highest BCUT2D eigenvalue weighted by Crippen LogP contribution is 2.09. The number of piperazine rings is 1. The van der Waals surface area contributed by atoms with E-state index in [1.807, 2.05) is 0 Å². The number of carbonyl (C=O) groups excluding carboxylic acids is 2. The van der Waals surface area contributed by atoms with E-state index in [0.717, 1.165) is 0 Å². The van der Waals surface area contributed by atoms with E-state index in [2.05, 4.69) is 20.6 Å². The number of carbonyl (C=O) groups is 3. The predicted molar refractivity (Wildman–Crippen MR) is 71.3 cm³/mol. The fourth-order valence-electron chi connectivity index (χ4n) is 2.05. The molecule has 1 saturated heterocycles. The van der Waals surface area contributed by atoms with E-state index in [1.54, 1.807) is 6.07 Å². The van der Waals surface area contributed by atoms with Gasteiger partial charge in [0.25, 0.3) is 0 Å². The molecule has 9 heteroatoms. The van der Waals surface area contributed by atoms with Gasteiger partial charge in [0.15, 0.2) is 0 Å². The van der Waals surface area contributed by atoms with Gasteiger partial charge in [0.05, 0.1) is 13.0 Å². The van der Waals surface area contributed by atoms with Gasteiger partial charge in [-0.05, 0) is 6.07 Å². The number of nitrogens with one attached hydrogen (secondary N) is 2. The standard InChI is InChI=1S/C12H15N5O4/c18-9(16-12-14-2-1-3-15-12)7-17-5-4-13-11(21)8(17)6-10(19)20/h1-3,8H,4-7H2,(H,13,21)(H,19,20)(H,14,15,16,18). The lowest BCUT2D eigenvalue weighted by Crippen LogP contribution is -2.57. The largest absolute Gasteiger partial charge is 0.481 e. The number of nitrogens with zero attached hydrogens (tertiary/aromatic N) is 3. The minimum atomic E-state index is -1.09. The van der Waals surface area contributed by atoms with Crippen LogP contribution >= 0.6 is 0 Å². The highest BCUT2D eigenvalue weighted by Gasteiger charge is 2.32. The molecule has 0 radical (unpaired) electrons. The summed E-state index contributed by atoms with van der Waals surface area (Å²) in [4.78, 5) is 43.7. The van der Waals surface area contributed by atoms with Crippen LogP contribution < -0.4 is 10.6 Å². The molecule has 0 aliphatic carbocycles. The Kier molecular flexibility index (Phi) is 4.77. The third-order valence-corrected chi connectivity index (χ3v) is 2.97. The van der Waals surface area contributed by atoms with Crippen LogP contribution in [-0.2, 0) is 14.4 Å². The molecule has 1 aromatic rings. The first-order chi connectivity index (χ1) is 10.1. The van der Waals surface area contributed by atoms with Crippen LogP contribution in [0.2, 0.25) is 0 Å². The molecule has 1 aliphatic heterocycles. The van der Waals surface area contributed by atoms with Gasteiger partial charge in [-0.25, -0.2) is 9.97 Å². The topological polar surface area (TPSA) is 125 Å². The monoisotopic (exact) mass is 293 g/mol. The quantitative estimate of drug-likeness (QED) is 0.615. The SMILES string of the molecule is O=C(O)CC1C(=O)NCCN1CC(=O)Nc1ncccn1. The summed E-state index contributed by atoms with van der Waals surface area (Å²) >= 11 is 0. The summed E-state index contributed by atoms with van der Waals surface area (Å²) in [6, 6.07) is 0.770. The second-order valence-corrected chi connectivity index (χ2v) is 4.50. The average Bonchev–Trinajstić information content (AvgIpc) is 2.43. The average molecular weight is 293 g/mol. The van der Waals surface area contributed by atoms with Gasteiger partial charge in [0.1, 0.15) is 6.04 Å². The van der Waals surface area contributed by atoms with Gasteiger partial charge >= 0.3 is 5.97 Å². The molecule has 2 heterocycles. The van der Waals surface area contributed by atoms with Crippen molar-refractivity contribution in [3.05, 3.63) is 18.5 Å². The van der Waals surface area contributed by atoms with Gasteiger partial charge < -0.3 is 10.4 Å². The van der Waals surface area contributed by atoms with Crippen molar-refractivity contribution in [2.75, 3.05) is 25.0 Å². The van der Waals surface area contributed by atoms with Crippen LogP contribution in [0.4, 0.5) is 5.95 Å². The van der Waals surface area contributed by atoms with Crippen LogP contribution in [0.3, 0.4) is 0 Å². The van der Waals surface area contributed by atoms with E-state index >= 15 is 0 Å². The first-order valence-electron chi connectivity index (χ1n) is 6.36. The number of amides is 2. The Morgan fingerprint density at radius 1 is 1.43 bits per heavy atom. The van der Waals surface area contributed by atoms with Crippen LogP contribution in [0.1, 0.15) is 6.42 Å². The van der Waals surface area contributed by atoms with Crippen LogP contribution in [0.5, 0.6) is 0 Å². The Labute approximate surface area is 120 Å². The number of hydrogen-bond acceptors (Lipinski definition) is 6. The molecule has 3 N–H and O–H groups in total. The number of rotatable bonds is 5. The maximum absolute atomic E-state index is 11.9. The van der Waals surface area contributed by atoms with Crippen LogP contribution in [0, 0.1) is 0 Å². The maximum atomic E-state index is 11.9. The Bertz CT molecular complexity index is 536. The maximum Gasteiger partial charge on any atom is 0.305 e. The van der Waals surface area contributed by atoms with Crippen molar-refractivity contribution in [1.82, 2.24) is 20.2 Å². The summed E-state index contributed by atoms with van der Waals surface area (Å²) in [5.74, 6) is -1.70. The molecule has 21 heavy (non-hydrogen) atoms. The minimum Gasteiger partial charge on any atom is -0.481 e. The molecule has 1 atom stereocenters. The third kappa shape index (κ3) is 4.21. The van der Waals surface area contributed by atoms with E-state index in [1.165, 1.54) is 17.3 Å². The zero-order valence-corrected chi connectivity index (χ0v) is 11.2. The third-order valence-electron chi connectivity index (χ3n) is 2.97. The number of aromatic nitrogens is 2. The molecule has 1 fully saturated rings. The summed E-state index contributed by atoms with van der Waals surface area (Å²) in [5.41, 5.74) is 0. The van der Waals surface area contributed by atoms with Crippen molar-refractivity contribution in [1.29, 1.82) is 0 Å². The van der Waals surface area contributed by atoms with Crippen molar-refractivity contribution in [3.63, 3.8) is 0 Å². The summed E-state index contributed by atoms with van der Waals surface area (Å²) < 4.78 is 0.